The normalized spacial score (nSPS) is 12.9. The number of aliphatic hydroxyl groups excluding tert-OH is 1. The van der Waals surface area contributed by atoms with Gasteiger partial charge in [0.15, 0.2) is 0 Å². The molecule has 0 aliphatic rings. The molecule has 0 amide bonds. The smallest absolute Gasteiger partial charge is 0.0777 e. The zero-order valence-corrected chi connectivity index (χ0v) is 11.9. The second-order valence-corrected chi connectivity index (χ2v) is 5.05. The number of hydrogen-bond acceptors (Lipinski definition) is 2. The average molecular weight is 244 g/mol. The second-order valence-electron chi connectivity index (χ2n) is 5.05. The van der Waals surface area contributed by atoms with Gasteiger partial charge in [-0.2, -0.15) is 0 Å². The van der Waals surface area contributed by atoms with Crippen molar-refractivity contribution < 1.29 is 9.84 Å². The molecule has 0 aromatic carbocycles. The average Bonchev–Trinajstić information content (AvgIpc) is 2.35. The van der Waals surface area contributed by atoms with Crippen LogP contribution in [0.5, 0.6) is 0 Å². The first-order valence-electron chi connectivity index (χ1n) is 7.53. The summed E-state index contributed by atoms with van der Waals surface area (Å²) in [4.78, 5) is 0. The van der Waals surface area contributed by atoms with Crippen LogP contribution >= 0.6 is 0 Å². The molecule has 0 heterocycles. The number of aliphatic hydroxyl groups is 1. The predicted molar refractivity (Wildman–Crippen MR) is 74.3 cm³/mol. The van der Waals surface area contributed by atoms with E-state index in [-0.39, 0.29) is 12.7 Å². The monoisotopic (exact) mass is 244 g/mol. The number of ether oxygens (including phenoxy) is 1. The van der Waals surface area contributed by atoms with Gasteiger partial charge in [-0.15, -0.1) is 0 Å². The SMILES string of the molecule is CCCCCCCCCCCCO[C@@H](C)CO. The van der Waals surface area contributed by atoms with Gasteiger partial charge in [0.1, 0.15) is 0 Å². The molecule has 104 valence electrons. The zero-order valence-electron chi connectivity index (χ0n) is 11.9. The molecule has 0 aliphatic heterocycles. The lowest BCUT2D eigenvalue weighted by molar-refractivity contribution is 0.0231. The van der Waals surface area contributed by atoms with E-state index in [0.29, 0.717) is 0 Å². The number of hydrogen-bond donors (Lipinski definition) is 1. The molecule has 17 heavy (non-hydrogen) atoms. The molecule has 0 unspecified atom stereocenters. The Morgan fingerprint density at radius 3 is 1.76 bits per heavy atom. The van der Waals surface area contributed by atoms with Crippen molar-refractivity contribution >= 4 is 0 Å². The van der Waals surface area contributed by atoms with E-state index < -0.39 is 0 Å². The van der Waals surface area contributed by atoms with Crippen LogP contribution in [0.15, 0.2) is 0 Å². The predicted octanol–water partition coefficient (Wildman–Crippen LogP) is 4.30. The van der Waals surface area contributed by atoms with Crippen molar-refractivity contribution in [2.75, 3.05) is 13.2 Å². The maximum atomic E-state index is 8.77. The Hall–Kier alpha value is -0.0800. The number of rotatable bonds is 13. The molecular formula is C15H32O2. The molecule has 0 saturated carbocycles. The fourth-order valence-electron chi connectivity index (χ4n) is 1.93. The van der Waals surface area contributed by atoms with Crippen LogP contribution in [0.3, 0.4) is 0 Å². The summed E-state index contributed by atoms with van der Waals surface area (Å²) in [7, 11) is 0. The third-order valence-corrected chi connectivity index (χ3v) is 3.16. The first-order valence-corrected chi connectivity index (χ1v) is 7.53. The van der Waals surface area contributed by atoms with Gasteiger partial charge in [-0.25, -0.2) is 0 Å². The van der Waals surface area contributed by atoms with Crippen molar-refractivity contribution in [2.24, 2.45) is 0 Å². The van der Waals surface area contributed by atoms with Crippen LogP contribution in [0.4, 0.5) is 0 Å². The van der Waals surface area contributed by atoms with E-state index in [2.05, 4.69) is 6.92 Å². The first kappa shape index (κ1) is 16.9. The summed E-state index contributed by atoms with van der Waals surface area (Å²) in [5.41, 5.74) is 0. The molecule has 0 rings (SSSR count). The summed E-state index contributed by atoms with van der Waals surface area (Å²) >= 11 is 0. The van der Waals surface area contributed by atoms with Crippen molar-refractivity contribution in [1.82, 2.24) is 0 Å². The quantitative estimate of drug-likeness (QED) is 0.489. The third-order valence-electron chi connectivity index (χ3n) is 3.16. The highest BCUT2D eigenvalue weighted by atomic mass is 16.5. The molecule has 2 nitrogen and oxygen atoms in total. The zero-order chi connectivity index (χ0) is 12.8. The molecule has 2 heteroatoms. The lowest BCUT2D eigenvalue weighted by Gasteiger charge is -2.09. The summed E-state index contributed by atoms with van der Waals surface area (Å²) in [5.74, 6) is 0. The van der Waals surface area contributed by atoms with Crippen LogP contribution in [0, 0.1) is 0 Å². The number of unbranched alkanes of at least 4 members (excludes halogenated alkanes) is 9. The molecule has 0 bridgehead atoms. The topological polar surface area (TPSA) is 29.5 Å². The molecule has 0 aromatic heterocycles. The van der Waals surface area contributed by atoms with Gasteiger partial charge in [-0.05, 0) is 13.3 Å². The van der Waals surface area contributed by atoms with Crippen molar-refractivity contribution in [3.63, 3.8) is 0 Å². The Morgan fingerprint density at radius 1 is 0.824 bits per heavy atom. The first-order chi connectivity index (χ1) is 8.31. The second kappa shape index (κ2) is 14.0. The van der Waals surface area contributed by atoms with Gasteiger partial charge in [0.25, 0.3) is 0 Å². The van der Waals surface area contributed by atoms with E-state index in [1.54, 1.807) is 0 Å². The van der Waals surface area contributed by atoms with Gasteiger partial charge in [0.05, 0.1) is 12.7 Å². The third kappa shape index (κ3) is 13.9. The van der Waals surface area contributed by atoms with E-state index >= 15 is 0 Å². The van der Waals surface area contributed by atoms with Crippen LogP contribution in [0.2, 0.25) is 0 Å². The largest absolute Gasteiger partial charge is 0.394 e. The maximum Gasteiger partial charge on any atom is 0.0777 e. The fraction of sp³-hybridized carbons (Fsp3) is 1.00. The van der Waals surface area contributed by atoms with Gasteiger partial charge in [-0.1, -0.05) is 64.7 Å². The molecule has 1 N–H and O–H groups in total. The lowest BCUT2D eigenvalue weighted by atomic mass is 10.1. The van der Waals surface area contributed by atoms with Gasteiger partial charge in [-0.3, -0.25) is 0 Å². The van der Waals surface area contributed by atoms with Crippen LogP contribution < -0.4 is 0 Å². The minimum absolute atomic E-state index is 0.00793. The van der Waals surface area contributed by atoms with Crippen molar-refractivity contribution in [3.8, 4) is 0 Å². The highest BCUT2D eigenvalue weighted by Gasteiger charge is 1.98. The molecular weight excluding hydrogens is 212 g/mol. The highest BCUT2D eigenvalue weighted by molar-refractivity contribution is 4.49. The molecule has 0 saturated heterocycles. The Balaban J connectivity index is 2.94. The highest BCUT2D eigenvalue weighted by Crippen LogP contribution is 2.10. The molecule has 1 atom stereocenters. The van der Waals surface area contributed by atoms with Crippen LogP contribution in [-0.4, -0.2) is 24.4 Å². The Kier molecular flexibility index (Phi) is 13.9. The van der Waals surface area contributed by atoms with Crippen LogP contribution in [0.1, 0.15) is 78.1 Å². The van der Waals surface area contributed by atoms with E-state index in [4.69, 9.17) is 9.84 Å². The Morgan fingerprint density at radius 2 is 1.29 bits per heavy atom. The van der Waals surface area contributed by atoms with Gasteiger partial charge < -0.3 is 9.84 Å². The van der Waals surface area contributed by atoms with E-state index in [9.17, 15) is 0 Å². The van der Waals surface area contributed by atoms with E-state index in [1.165, 1.54) is 57.8 Å². The summed E-state index contributed by atoms with van der Waals surface area (Å²) in [6, 6.07) is 0. The van der Waals surface area contributed by atoms with Crippen molar-refractivity contribution in [1.29, 1.82) is 0 Å². The molecule has 0 fully saturated rings. The van der Waals surface area contributed by atoms with Gasteiger partial charge in [0.2, 0.25) is 0 Å². The fourth-order valence-corrected chi connectivity index (χ4v) is 1.93. The van der Waals surface area contributed by atoms with Crippen molar-refractivity contribution in [3.05, 3.63) is 0 Å². The van der Waals surface area contributed by atoms with Crippen molar-refractivity contribution in [2.45, 2.75) is 84.2 Å². The van der Waals surface area contributed by atoms with E-state index in [1.807, 2.05) is 6.92 Å². The molecule has 0 aromatic rings. The Labute approximate surface area is 108 Å². The van der Waals surface area contributed by atoms with Crippen LogP contribution in [0.25, 0.3) is 0 Å². The molecule has 0 aliphatic carbocycles. The standard InChI is InChI=1S/C15H32O2/c1-3-4-5-6-7-8-9-10-11-12-13-17-15(2)14-16/h15-16H,3-14H2,1-2H3/t15-/m0/s1. The molecule has 0 radical (unpaired) electrons. The van der Waals surface area contributed by atoms with E-state index in [0.717, 1.165) is 13.0 Å². The minimum atomic E-state index is 0.00793. The Bertz CT molecular complexity index is 137. The maximum absolute atomic E-state index is 8.77. The summed E-state index contributed by atoms with van der Waals surface area (Å²) in [6.45, 7) is 5.12. The molecule has 0 spiro atoms. The summed E-state index contributed by atoms with van der Waals surface area (Å²) < 4.78 is 5.41. The van der Waals surface area contributed by atoms with Gasteiger partial charge in [0, 0.05) is 6.61 Å². The lowest BCUT2D eigenvalue weighted by Crippen LogP contribution is -2.13. The van der Waals surface area contributed by atoms with Crippen LogP contribution in [-0.2, 0) is 4.74 Å². The minimum Gasteiger partial charge on any atom is -0.394 e. The summed E-state index contributed by atoms with van der Waals surface area (Å²) in [6.07, 6.45) is 13.5. The van der Waals surface area contributed by atoms with Gasteiger partial charge >= 0.3 is 0 Å². The summed E-state index contributed by atoms with van der Waals surface area (Å²) in [5, 5.41) is 8.77.